The van der Waals surface area contributed by atoms with E-state index >= 15 is 0 Å². The van der Waals surface area contributed by atoms with Crippen LogP contribution >= 0.6 is 0 Å². The Morgan fingerprint density at radius 1 is 0.667 bits per heavy atom. The first-order valence-corrected chi connectivity index (χ1v) is 11.3. The molecule has 8 nitrogen and oxygen atoms in total. The Morgan fingerprint density at radius 2 is 1.31 bits per heavy atom. The van der Waals surface area contributed by atoms with E-state index in [0.717, 1.165) is 22.1 Å². The molecule has 0 aliphatic heterocycles. The number of carbonyl (C=O) groups is 3. The predicted molar refractivity (Wildman–Crippen MR) is 143 cm³/mol. The van der Waals surface area contributed by atoms with Crippen LogP contribution in [0.5, 0.6) is 0 Å². The number of nitrogens with one attached hydrogen (secondary N) is 4. The molecule has 0 heterocycles. The molecule has 0 saturated carbocycles. The zero-order valence-corrected chi connectivity index (χ0v) is 19.6. The van der Waals surface area contributed by atoms with Crippen molar-refractivity contribution in [2.75, 3.05) is 16.0 Å². The van der Waals surface area contributed by atoms with Crippen LogP contribution in [0.4, 0.5) is 22.7 Å². The highest BCUT2D eigenvalue weighted by Crippen LogP contribution is 2.23. The second-order valence-electron chi connectivity index (χ2n) is 8.06. The number of amides is 3. The number of nitrogens with zero attached hydrogens (tertiary/aromatic N) is 1. The standard InChI is InChI=1S/C28H25N5O3/c1-19(18-26(34)30-23-16-14-22(15-17-23)29-21-10-3-2-4-11-21)32-33-28(36)27(35)31-25-13-7-9-20-8-5-6-12-24(20)25/h2-17,29H,18H2,1H3,(H,30,34)(H,31,35)(H,33,36). The van der Waals surface area contributed by atoms with Gasteiger partial charge in [0.1, 0.15) is 0 Å². The molecule has 4 aromatic rings. The number of carbonyl (C=O) groups excluding carboxylic acids is 3. The van der Waals surface area contributed by atoms with E-state index in [0.29, 0.717) is 17.1 Å². The number of hydrogen-bond donors (Lipinski definition) is 4. The van der Waals surface area contributed by atoms with Gasteiger partial charge in [-0.3, -0.25) is 14.4 Å². The molecule has 0 aliphatic rings. The smallest absolute Gasteiger partial charge is 0.329 e. The average Bonchev–Trinajstić information content (AvgIpc) is 2.89. The maximum Gasteiger partial charge on any atom is 0.329 e. The number of benzene rings is 4. The van der Waals surface area contributed by atoms with Gasteiger partial charge in [0, 0.05) is 33.8 Å². The maximum absolute atomic E-state index is 12.3. The summed E-state index contributed by atoms with van der Waals surface area (Å²) in [6.45, 7) is 1.59. The molecule has 0 fully saturated rings. The molecule has 0 unspecified atom stereocenters. The highest BCUT2D eigenvalue weighted by atomic mass is 16.2. The lowest BCUT2D eigenvalue weighted by Crippen LogP contribution is -2.33. The first kappa shape index (κ1) is 24.2. The minimum atomic E-state index is -0.927. The topological polar surface area (TPSA) is 112 Å². The monoisotopic (exact) mass is 479 g/mol. The summed E-state index contributed by atoms with van der Waals surface area (Å²) >= 11 is 0. The van der Waals surface area contributed by atoms with Crippen LogP contribution in [0.25, 0.3) is 10.8 Å². The Kier molecular flexibility index (Phi) is 7.67. The molecule has 8 heteroatoms. The van der Waals surface area contributed by atoms with E-state index in [1.54, 1.807) is 31.2 Å². The second-order valence-corrected chi connectivity index (χ2v) is 8.06. The van der Waals surface area contributed by atoms with Crippen LogP contribution in [0.2, 0.25) is 0 Å². The predicted octanol–water partition coefficient (Wildman–Crippen LogP) is 5.04. The van der Waals surface area contributed by atoms with Gasteiger partial charge in [-0.1, -0.05) is 54.6 Å². The lowest BCUT2D eigenvalue weighted by atomic mass is 10.1. The summed E-state index contributed by atoms with van der Waals surface area (Å²) in [5.41, 5.74) is 5.56. The van der Waals surface area contributed by atoms with Crippen LogP contribution in [0.1, 0.15) is 13.3 Å². The largest absolute Gasteiger partial charge is 0.356 e. The van der Waals surface area contributed by atoms with Crippen LogP contribution in [0.3, 0.4) is 0 Å². The highest BCUT2D eigenvalue weighted by Gasteiger charge is 2.15. The third-order valence-corrected chi connectivity index (χ3v) is 5.24. The van der Waals surface area contributed by atoms with Gasteiger partial charge >= 0.3 is 11.8 Å². The molecule has 0 aliphatic carbocycles. The first-order valence-electron chi connectivity index (χ1n) is 11.3. The maximum atomic E-state index is 12.3. The molecule has 0 saturated heterocycles. The summed E-state index contributed by atoms with van der Waals surface area (Å²) in [5, 5.41) is 14.3. The van der Waals surface area contributed by atoms with Crippen molar-refractivity contribution in [2.45, 2.75) is 13.3 Å². The van der Waals surface area contributed by atoms with Crippen LogP contribution in [-0.2, 0) is 14.4 Å². The summed E-state index contributed by atoms with van der Waals surface area (Å²) in [6, 6.07) is 30.0. The minimum absolute atomic E-state index is 0.0464. The van der Waals surface area contributed by atoms with E-state index in [1.165, 1.54) is 0 Å². The molecule has 0 bridgehead atoms. The van der Waals surface area contributed by atoms with Gasteiger partial charge in [-0.05, 0) is 54.8 Å². The summed E-state index contributed by atoms with van der Waals surface area (Å²) < 4.78 is 0. The van der Waals surface area contributed by atoms with Crippen LogP contribution < -0.4 is 21.4 Å². The first-order chi connectivity index (χ1) is 17.5. The van der Waals surface area contributed by atoms with Gasteiger partial charge in [-0.15, -0.1) is 0 Å². The zero-order chi connectivity index (χ0) is 25.3. The molecule has 36 heavy (non-hydrogen) atoms. The SMILES string of the molecule is CC(CC(=O)Nc1ccc(Nc2ccccc2)cc1)=NNC(=O)C(=O)Nc1cccc2ccccc12. The molecular weight excluding hydrogens is 454 g/mol. The molecule has 4 aromatic carbocycles. The van der Waals surface area contributed by atoms with E-state index in [2.05, 4.69) is 26.5 Å². The average molecular weight is 480 g/mol. The summed E-state index contributed by atoms with van der Waals surface area (Å²) in [7, 11) is 0. The third-order valence-electron chi connectivity index (χ3n) is 5.24. The Bertz CT molecular complexity index is 1410. The van der Waals surface area contributed by atoms with Crippen molar-refractivity contribution in [2.24, 2.45) is 5.10 Å². The number of fused-ring (bicyclic) bond motifs is 1. The Labute approximate surface area is 208 Å². The normalized spacial score (nSPS) is 11.0. The van der Waals surface area contributed by atoms with Crippen LogP contribution in [0.15, 0.2) is 102 Å². The number of hydrogen-bond acceptors (Lipinski definition) is 5. The Balaban J connectivity index is 1.26. The molecular formula is C28H25N5O3. The Hall–Kier alpha value is -4.98. The van der Waals surface area contributed by atoms with Crippen molar-refractivity contribution >= 4 is 57.0 Å². The van der Waals surface area contributed by atoms with Gasteiger partial charge in [0.25, 0.3) is 0 Å². The summed E-state index contributed by atoms with van der Waals surface area (Å²) in [4.78, 5) is 36.8. The van der Waals surface area contributed by atoms with Gasteiger partial charge in [-0.2, -0.15) is 5.10 Å². The molecule has 3 amide bonds. The summed E-state index contributed by atoms with van der Waals surface area (Å²) in [6.07, 6.45) is -0.0464. The van der Waals surface area contributed by atoms with E-state index in [1.807, 2.05) is 72.8 Å². The summed E-state index contributed by atoms with van der Waals surface area (Å²) in [5.74, 6) is -2.07. The van der Waals surface area contributed by atoms with E-state index in [4.69, 9.17) is 0 Å². The van der Waals surface area contributed by atoms with Crippen molar-refractivity contribution in [3.05, 3.63) is 97.1 Å². The van der Waals surface area contributed by atoms with Gasteiger partial charge in [0.05, 0.1) is 6.42 Å². The lowest BCUT2D eigenvalue weighted by molar-refractivity contribution is -0.136. The highest BCUT2D eigenvalue weighted by molar-refractivity contribution is 6.40. The van der Waals surface area contributed by atoms with Gasteiger partial charge in [0.2, 0.25) is 5.91 Å². The Morgan fingerprint density at radius 3 is 2.08 bits per heavy atom. The van der Waals surface area contributed by atoms with Crippen molar-refractivity contribution < 1.29 is 14.4 Å². The third kappa shape index (κ3) is 6.54. The molecule has 4 N–H and O–H groups in total. The van der Waals surface area contributed by atoms with Crippen molar-refractivity contribution in [1.82, 2.24) is 5.43 Å². The van der Waals surface area contributed by atoms with E-state index < -0.39 is 11.8 Å². The quantitative estimate of drug-likeness (QED) is 0.169. The van der Waals surface area contributed by atoms with Crippen molar-refractivity contribution in [3.63, 3.8) is 0 Å². The minimum Gasteiger partial charge on any atom is -0.356 e. The molecule has 180 valence electrons. The second kappa shape index (κ2) is 11.4. The number of anilines is 4. The molecule has 0 atom stereocenters. The van der Waals surface area contributed by atoms with Gasteiger partial charge in [0.15, 0.2) is 0 Å². The van der Waals surface area contributed by atoms with Gasteiger partial charge < -0.3 is 16.0 Å². The van der Waals surface area contributed by atoms with Crippen LogP contribution in [-0.4, -0.2) is 23.4 Å². The van der Waals surface area contributed by atoms with E-state index in [9.17, 15) is 14.4 Å². The molecule has 4 rings (SSSR count). The number of hydrazone groups is 1. The fourth-order valence-electron chi connectivity index (χ4n) is 3.51. The number of rotatable bonds is 7. The van der Waals surface area contributed by atoms with E-state index in [-0.39, 0.29) is 12.3 Å². The molecule has 0 radical (unpaired) electrons. The number of para-hydroxylation sites is 1. The lowest BCUT2D eigenvalue weighted by Gasteiger charge is -2.09. The van der Waals surface area contributed by atoms with Gasteiger partial charge in [-0.25, -0.2) is 5.43 Å². The van der Waals surface area contributed by atoms with Crippen LogP contribution in [0, 0.1) is 0 Å². The molecule has 0 spiro atoms. The fourth-order valence-corrected chi connectivity index (χ4v) is 3.51. The van der Waals surface area contributed by atoms with Crippen molar-refractivity contribution in [3.8, 4) is 0 Å². The molecule has 0 aromatic heterocycles. The fraction of sp³-hybridized carbons (Fsp3) is 0.0714. The zero-order valence-electron chi connectivity index (χ0n) is 19.6. The van der Waals surface area contributed by atoms with Crippen molar-refractivity contribution in [1.29, 1.82) is 0 Å².